The van der Waals surface area contributed by atoms with Crippen molar-refractivity contribution in [3.05, 3.63) is 53.6 Å². The first-order valence-electron chi connectivity index (χ1n) is 11.4. The number of ether oxygens (including phenoxy) is 1. The van der Waals surface area contributed by atoms with E-state index in [-0.39, 0.29) is 17.4 Å². The first-order valence-corrected chi connectivity index (χ1v) is 11.4. The van der Waals surface area contributed by atoms with Gasteiger partial charge in [-0.05, 0) is 31.6 Å². The van der Waals surface area contributed by atoms with Gasteiger partial charge in [0.2, 0.25) is 5.91 Å². The van der Waals surface area contributed by atoms with E-state index < -0.39 is 0 Å². The van der Waals surface area contributed by atoms with Crippen molar-refractivity contribution in [3.63, 3.8) is 0 Å². The van der Waals surface area contributed by atoms with Crippen molar-refractivity contribution in [2.75, 3.05) is 33.8 Å². The van der Waals surface area contributed by atoms with Crippen molar-refractivity contribution in [3.8, 4) is 11.5 Å². The number of methoxy groups -OCH3 is 1. The van der Waals surface area contributed by atoms with Gasteiger partial charge in [-0.2, -0.15) is 0 Å². The normalized spacial score (nSPS) is 13.0. The van der Waals surface area contributed by atoms with Crippen LogP contribution in [0.1, 0.15) is 49.1 Å². The number of fused-ring (bicyclic) bond motifs is 1. The minimum Gasteiger partial charge on any atom is -0.504 e. The first-order chi connectivity index (χ1) is 15.8. The number of hydrogen-bond acceptors (Lipinski definition) is 6. The maximum absolute atomic E-state index is 12.1. The number of carbonyl (C=O) groups excluding carboxylic acids is 2. The Bertz CT molecular complexity index is 967. The van der Waals surface area contributed by atoms with E-state index in [0.717, 1.165) is 37.3 Å². The lowest BCUT2D eigenvalue weighted by atomic mass is 10.1. The Labute approximate surface area is 196 Å². The number of ketones is 1. The Morgan fingerprint density at radius 1 is 1.27 bits per heavy atom. The van der Waals surface area contributed by atoms with Crippen molar-refractivity contribution < 1.29 is 19.4 Å². The van der Waals surface area contributed by atoms with Gasteiger partial charge in [0.05, 0.1) is 19.9 Å². The van der Waals surface area contributed by atoms with E-state index in [4.69, 9.17) is 4.74 Å². The third-order valence-electron chi connectivity index (χ3n) is 5.58. The molecular formula is C25H36N4O4. The Morgan fingerprint density at radius 3 is 2.67 bits per heavy atom. The summed E-state index contributed by atoms with van der Waals surface area (Å²) < 4.78 is 6.89. The molecule has 33 heavy (non-hydrogen) atoms. The largest absolute Gasteiger partial charge is 0.504 e. The smallest absolute Gasteiger partial charge is 0.246 e. The molecule has 8 heteroatoms. The molecule has 180 valence electrons. The van der Waals surface area contributed by atoms with E-state index in [1.807, 2.05) is 29.8 Å². The zero-order valence-corrected chi connectivity index (χ0v) is 20.4. The maximum atomic E-state index is 12.1. The fraction of sp³-hybridized carbons (Fsp3) is 0.480. The minimum absolute atomic E-state index is 0.00173. The molecule has 0 aliphatic carbocycles. The van der Waals surface area contributed by atoms with Gasteiger partial charge in [0.1, 0.15) is 11.5 Å². The second kappa shape index (κ2) is 12.8. The zero-order valence-electron chi connectivity index (χ0n) is 20.4. The second-order valence-corrected chi connectivity index (χ2v) is 8.00. The molecule has 1 aromatic carbocycles. The number of aryl methyl sites for hydroxylation is 1. The Morgan fingerprint density at radius 2 is 2.03 bits per heavy atom. The van der Waals surface area contributed by atoms with E-state index in [1.54, 1.807) is 30.3 Å². The van der Waals surface area contributed by atoms with Crippen LogP contribution >= 0.6 is 0 Å². The molecule has 0 bridgehead atoms. The number of aromatic hydroxyl groups is 1. The molecule has 2 heterocycles. The average Bonchev–Trinajstić information content (AvgIpc) is 3.24. The summed E-state index contributed by atoms with van der Waals surface area (Å²) in [5.41, 5.74) is 1.58. The molecular weight excluding hydrogens is 420 g/mol. The van der Waals surface area contributed by atoms with Crippen molar-refractivity contribution in [2.45, 2.75) is 46.7 Å². The lowest BCUT2D eigenvalue weighted by molar-refractivity contribution is -0.127. The third-order valence-corrected chi connectivity index (χ3v) is 5.58. The number of para-hydroxylation sites is 1. The Hall–Kier alpha value is -3.13. The summed E-state index contributed by atoms with van der Waals surface area (Å²) in [4.78, 5) is 31.7. The SMILES string of the molecule is CCCc1cccc(OC)c1O.CCN(C)C/C=C/C(=O)N1CCn2c(C(C)=O)cnc2C1. The third kappa shape index (κ3) is 7.18. The molecule has 1 aliphatic heterocycles. The first kappa shape index (κ1) is 26.1. The van der Waals surface area contributed by atoms with Gasteiger partial charge in [-0.25, -0.2) is 4.98 Å². The fourth-order valence-corrected chi connectivity index (χ4v) is 3.50. The van der Waals surface area contributed by atoms with Gasteiger partial charge in [0.25, 0.3) is 0 Å². The van der Waals surface area contributed by atoms with Crippen LogP contribution in [-0.2, 0) is 24.3 Å². The minimum atomic E-state index is -0.00173. The highest BCUT2D eigenvalue weighted by Gasteiger charge is 2.23. The zero-order chi connectivity index (χ0) is 24.4. The molecule has 0 radical (unpaired) electrons. The predicted octanol–water partition coefficient (Wildman–Crippen LogP) is 3.29. The molecule has 0 unspecified atom stereocenters. The lowest BCUT2D eigenvalue weighted by Crippen LogP contribution is -2.38. The van der Waals surface area contributed by atoms with Crippen LogP contribution in [0.3, 0.4) is 0 Å². The molecule has 2 aromatic rings. The maximum Gasteiger partial charge on any atom is 0.246 e. The van der Waals surface area contributed by atoms with Crippen LogP contribution in [0.15, 0.2) is 36.5 Å². The van der Waals surface area contributed by atoms with Gasteiger partial charge in [-0.1, -0.05) is 38.5 Å². The number of benzene rings is 1. The standard InChI is InChI=1S/C15H22N4O2.C10H14O2/c1-4-17(3)7-5-6-15(21)18-8-9-19-13(12(2)20)10-16-14(19)11-18;1-3-5-8-6-4-7-9(12-2)10(8)11/h5-6,10H,4,7-9,11H2,1-3H3;4,6-7,11H,3,5H2,1-2H3/b6-5+;. The Balaban J connectivity index is 0.000000273. The van der Waals surface area contributed by atoms with Crippen LogP contribution in [0.4, 0.5) is 0 Å². The fourth-order valence-electron chi connectivity index (χ4n) is 3.50. The Kier molecular flexibility index (Phi) is 10.1. The topological polar surface area (TPSA) is 87.9 Å². The van der Waals surface area contributed by atoms with Crippen molar-refractivity contribution in [2.24, 2.45) is 0 Å². The number of carbonyl (C=O) groups is 2. The van der Waals surface area contributed by atoms with Gasteiger partial charge in [-0.3, -0.25) is 9.59 Å². The van der Waals surface area contributed by atoms with Crippen molar-refractivity contribution in [1.82, 2.24) is 19.4 Å². The summed E-state index contributed by atoms with van der Waals surface area (Å²) in [6.07, 6.45) is 7.02. The molecule has 1 N–H and O–H groups in total. The molecule has 8 nitrogen and oxygen atoms in total. The summed E-state index contributed by atoms with van der Waals surface area (Å²) in [7, 11) is 3.57. The van der Waals surface area contributed by atoms with Gasteiger partial charge >= 0.3 is 0 Å². The molecule has 1 aromatic heterocycles. The van der Waals surface area contributed by atoms with Crippen LogP contribution in [0.5, 0.6) is 11.5 Å². The van der Waals surface area contributed by atoms with Gasteiger partial charge in [-0.15, -0.1) is 0 Å². The van der Waals surface area contributed by atoms with E-state index in [0.29, 0.717) is 31.1 Å². The highest BCUT2D eigenvalue weighted by Crippen LogP contribution is 2.29. The second-order valence-electron chi connectivity index (χ2n) is 8.00. The summed E-state index contributed by atoms with van der Waals surface area (Å²) in [6.45, 7) is 9.10. The summed E-state index contributed by atoms with van der Waals surface area (Å²) in [5.74, 6) is 1.62. The molecule has 3 rings (SSSR count). The molecule has 1 aliphatic rings. The molecule has 0 saturated carbocycles. The number of phenols is 1. The van der Waals surface area contributed by atoms with Crippen LogP contribution in [0.2, 0.25) is 0 Å². The number of phenolic OH excluding ortho intramolecular Hbond substituents is 1. The van der Waals surface area contributed by atoms with E-state index in [1.165, 1.54) is 6.92 Å². The highest BCUT2D eigenvalue weighted by atomic mass is 16.5. The van der Waals surface area contributed by atoms with E-state index in [2.05, 4.69) is 23.7 Å². The predicted molar refractivity (Wildman–Crippen MR) is 129 cm³/mol. The average molecular weight is 457 g/mol. The number of likely N-dealkylation sites (N-methyl/N-ethyl adjacent to an activating group) is 1. The van der Waals surface area contributed by atoms with Gasteiger partial charge in [0.15, 0.2) is 17.3 Å². The van der Waals surface area contributed by atoms with Crippen LogP contribution < -0.4 is 4.74 Å². The van der Waals surface area contributed by atoms with E-state index >= 15 is 0 Å². The number of amides is 1. The quantitative estimate of drug-likeness (QED) is 0.484. The van der Waals surface area contributed by atoms with Crippen LogP contribution in [0.25, 0.3) is 0 Å². The lowest BCUT2D eigenvalue weighted by Gasteiger charge is -2.27. The van der Waals surface area contributed by atoms with Crippen LogP contribution in [0, 0.1) is 0 Å². The number of Topliss-reactive ketones (excluding diaryl/α,β-unsaturated/α-hetero) is 1. The molecule has 0 fully saturated rings. The molecule has 0 atom stereocenters. The van der Waals surface area contributed by atoms with E-state index in [9.17, 15) is 14.7 Å². The summed E-state index contributed by atoms with van der Waals surface area (Å²) >= 11 is 0. The summed E-state index contributed by atoms with van der Waals surface area (Å²) in [6, 6.07) is 5.57. The number of rotatable bonds is 8. The van der Waals surface area contributed by atoms with Crippen molar-refractivity contribution >= 4 is 11.7 Å². The number of nitrogens with zero attached hydrogens (tertiary/aromatic N) is 4. The molecule has 0 spiro atoms. The van der Waals surface area contributed by atoms with Crippen molar-refractivity contribution in [1.29, 1.82) is 0 Å². The number of imidazole rings is 1. The van der Waals surface area contributed by atoms with Crippen LogP contribution in [-0.4, -0.2) is 69.9 Å². The summed E-state index contributed by atoms with van der Waals surface area (Å²) in [5, 5.41) is 9.59. The molecule has 1 amide bonds. The van der Waals surface area contributed by atoms with Gasteiger partial charge < -0.3 is 24.2 Å². The monoisotopic (exact) mass is 456 g/mol. The molecule has 0 saturated heterocycles. The highest BCUT2D eigenvalue weighted by molar-refractivity contribution is 5.92. The van der Waals surface area contributed by atoms with Gasteiger partial charge in [0, 0.05) is 32.6 Å². The number of aromatic nitrogens is 2. The number of hydrogen-bond donors (Lipinski definition) is 1.